The van der Waals surface area contributed by atoms with Crippen LogP contribution in [0, 0.1) is 13.8 Å². The molecule has 1 aromatic heterocycles. The first-order chi connectivity index (χ1) is 13.1. The number of nitrogens with one attached hydrogen (secondary N) is 1. The van der Waals surface area contributed by atoms with Gasteiger partial charge >= 0.3 is 0 Å². The minimum Gasteiger partial charge on any atom is -0.497 e. The van der Waals surface area contributed by atoms with Crippen molar-refractivity contribution >= 4 is 19.9 Å². The number of sulfone groups is 1. The number of rotatable bonds is 7. The Morgan fingerprint density at radius 2 is 1.93 bits per heavy atom. The van der Waals surface area contributed by atoms with Crippen LogP contribution < -0.4 is 9.46 Å². The van der Waals surface area contributed by atoms with Crippen molar-refractivity contribution in [2.24, 2.45) is 0 Å². The first-order valence-corrected chi connectivity index (χ1v) is 12.3. The quantitative estimate of drug-likeness (QED) is 0.715. The fourth-order valence-electron chi connectivity index (χ4n) is 3.55. The first kappa shape index (κ1) is 20.8. The van der Waals surface area contributed by atoms with E-state index in [-0.39, 0.29) is 29.0 Å². The van der Waals surface area contributed by atoms with Gasteiger partial charge in [-0.2, -0.15) is 5.10 Å². The minimum atomic E-state index is -3.75. The number of sulfonamides is 1. The van der Waals surface area contributed by atoms with Gasteiger partial charge in [0, 0.05) is 6.54 Å². The predicted octanol–water partition coefficient (Wildman–Crippen LogP) is 1.39. The molecule has 2 heterocycles. The van der Waals surface area contributed by atoms with Gasteiger partial charge in [0.25, 0.3) is 0 Å². The van der Waals surface area contributed by atoms with Crippen molar-refractivity contribution in [1.29, 1.82) is 0 Å². The van der Waals surface area contributed by atoms with E-state index in [1.165, 1.54) is 0 Å². The number of hydrogen-bond acceptors (Lipinski definition) is 6. The Bertz CT molecular complexity index is 1060. The topological polar surface area (TPSA) is 107 Å². The van der Waals surface area contributed by atoms with Gasteiger partial charge in [-0.05, 0) is 44.4 Å². The lowest BCUT2D eigenvalue weighted by molar-refractivity contribution is 0.414. The van der Waals surface area contributed by atoms with Crippen LogP contribution in [0.1, 0.15) is 29.4 Å². The largest absolute Gasteiger partial charge is 0.497 e. The third kappa shape index (κ3) is 4.39. The highest BCUT2D eigenvalue weighted by molar-refractivity contribution is 7.91. The van der Waals surface area contributed by atoms with Crippen LogP contribution in [0.4, 0.5) is 0 Å². The van der Waals surface area contributed by atoms with Crippen LogP contribution in [0.5, 0.6) is 5.75 Å². The van der Waals surface area contributed by atoms with Gasteiger partial charge in [0.2, 0.25) is 10.0 Å². The predicted molar refractivity (Wildman–Crippen MR) is 106 cm³/mol. The molecule has 0 bridgehead atoms. The van der Waals surface area contributed by atoms with Crippen LogP contribution in [0.25, 0.3) is 0 Å². The standard InChI is InChI=1S/C18H25N3O5S2/c1-13-18(14(2)21(20-13)16-9-11-27(22,23)12-16)28(24,25)19-10-8-15-4-6-17(26-3)7-5-15/h4-7,16,19H,8-12H2,1-3H3/t16-/m0/s1. The zero-order chi connectivity index (χ0) is 20.5. The molecule has 1 atom stereocenters. The third-order valence-electron chi connectivity index (χ3n) is 4.95. The summed E-state index contributed by atoms with van der Waals surface area (Å²) in [7, 11) is -5.24. The second-order valence-corrected chi connectivity index (χ2v) is 10.9. The third-order valence-corrected chi connectivity index (χ3v) is 8.41. The zero-order valence-corrected chi connectivity index (χ0v) is 17.8. The molecule has 0 unspecified atom stereocenters. The summed E-state index contributed by atoms with van der Waals surface area (Å²) in [4.78, 5) is 0.131. The Balaban J connectivity index is 1.72. The summed E-state index contributed by atoms with van der Waals surface area (Å²) in [5, 5.41) is 4.33. The van der Waals surface area contributed by atoms with Gasteiger partial charge in [-0.1, -0.05) is 12.1 Å². The lowest BCUT2D eigenvalue weighted by Gasteiger charge is -2.12. The first-order valence-electron chi connectivity index (χ1n) is 9.02. The van der Waals surface area contributed by atoms with Crippen LogP contribution in [-0.4, -0.2) is 51.8 Å². The van der Waals surface area contributed by atoms with Crippen molar-refractivity contribution < 1.29 is 21.6 Å². The van der Waals surface area contributed by atoms with Crippen LogP contribution in [0.3, 0.4) is 0 Å². The molecule has 0 amide bonds. The van der Waals surface area contributed by atoms with E-state index in [0.717, 1.165) is 11.3 Å². The number of nitrogens with zero attached hydrogens (tertiary/aromatic N) is 2. The zero-order valence-electron chi connectivity index (χ0n) is 16.2. The number of methoxy groups -OCH3 is 1. The van der Waals surface area contributed by atoms with Gasteiger partial charge in [0.15, 0.2) is 9.84 Å². The monoisotopic (exact) mass is 427 g/mol. The van der Waals surface area contributed by atoms with Crippen molar-refractivity contribution in [3.8, 4) is 5.75 Å². The summed E-state index contributed by atoms with van der Waals surface area (Å²) in [6.45, 7) is 3.55. The average Bonchev–Trinajstić information content (AvgIpc) is 3.14. The van der Waals surface area contributed by atoms with Crippen LogP contribution in [0.15, 0.2) is 29.2 Å². The summed E-state index contributed by atoms with van der Waals surface area (Å²) in [6, 6.07) is 7.13. The maximum absolute atomic E-state index is 12.8. The molecule has 1 aliphatic rings. The Labute approximate surface area is 165 Å². The summed E-state index contributed by atoms with van der Waals surface area (Å²) < 4.78 is 58.4. The van der Waals surface area contributed by atoms with Crippen LogP contribution >= 0.6 is 0 Å². The fraction of sp³-hybridized carbons (Fsp3) is 0.500. The van der Waals surface area contributed by atoms with Gasteiger partial charge in [-0.3, -0.25) is 4.68 Å². The molecule has 10 heteroatoms. The Hall–Kier alpha value is -1.91. The molecule has 2 aromatic rings. The maximum atomic E-state index is 12.8. The SMILES string of the molecule is COc1ccc(CCNS(=O)(=O)c2c(C)nn([C@H]3CCS(=O)(=O)C3)c2C)cc1. The van der Waals surface area contributed by atoms with E-state index >= 15 is 0 Å². The number of hydrogen-bond donors (Lipinski definition) is 1. The Morgan fingerprint density at radius 1 is 1.25 bits per heavy atom. The molecule has 0 aliphatic carbocycles. The second-order valence-electron chi connectivity index (χ2n) is 7.00. The van der Waals surface area contributed by atoms with Crippen molar-refractivity contribution in [2.45, 2.75) is 37.6 Å². The average molecular weight is 428 g/mol. The summed E-state index contributed by atoms with van der Waals surface area (Å²) >= 11 is 0. The highest BCUT2D eigenvalue weighted by Gasteiger charge is 2.33. The van der Waals surface area contributed by atoms with Crippen molar-refractivity contribution in [1.82, 2.24) is 14.5 Å². The molecular weight excluding hydrogens is 402 g/mol. The van der Waals surface area contributed by atoms with E-state index in [4.69, 9.17) is 4.74 Å². The molecule has 28 heavy (non-hydrogen) atoms. The molecular formula is C18H25N3O5S2. The molecule has 8 nitrogen and oxygen atoms in total. The Morgan fingerprint density at radius 3 is 2.50 bits per heavy atom. The maximum Gasteiger partial charge on any atom is 0.244 e. The van der Waals surface area contributed by atoms with Gasteiger partial charge in [0.05, 0.1) is 36.0 Å². The van der Waals surface area contributed by atoms with Gasteiger partial charge in [-0.15, -0.1) is 0 Å². The molecule has 1 fully saturated rings. The summed E-state index contributed by atoms with van der Waals surface area (Å²) in [6.07, 6.45) is 0.991. The summed E-state index contributed by atoms with van der Waals surface area (Å²) in [5.41, 5.74) is 1.83. The molecule has 0 radical (unpaired) electrons. The number of benzene rings is 1. The van der Waals surface area contributed by atoms with E-state index in [0.29, 0.717) is 24.2 Å². The normalized spacial score (nSPS) is 19.0. The van der Waals surface area contributed by atoms with Crippen molar-refractivity contribution in [2.75, 3.05) is 25.2 Å². The Kier molecular flexibility index (Phi) is 5.83. The van der Waals surface area contributed by atoms with Crippen molar-refractivity contribution in [3.05, 3.63) is 41.2 Å². The van der Waals surface area contributed by atoms with E-state index < -0.39 is 19.9 Å². The van der Waals surface area contributed by atoms with E-state index in [1.54, 1.807) is 25.6 Å². The van der Waals surface area contributed by atoms with E-state index in [2.05, 4.69) is 9.82 Å². The molecule has 0 spiro atoms. The number of aromatic nitrogens is 2. The highest BCUT2D eigenvalue weighted by Crippen LogP contribution is 2.28. The van der Waals surface area contributed by atoms with Crippen LogP contribution in [-0.2, 0) is 26.3 Å². The van der Waals surface area contributed by atoms with Gasteiger partial charge in [0.1, 0.15) is 10.6 Å². The number of aryl methyl sites for hydroxylation is 1. The van der Waals surface area contributed by atoms with E-state index in [9.17, 15) is 16.8 Å². The molecule has 3 rings (SSSR count). The van der Waals surface area contributed by atoms with Crippen LogP contribution in [0.2, 0.25) is 0 Å². The molecule has 1 saturated heterocycles. The highest BCUT2D eigenvalue weighted by atomic mass is 32.2. The molecule has 154 valence electrons. The van der Waals surface area contributed by atoms with E-state index in [1.807, 2.05) is 24.3 Å². The molecule has 1 N–H and O–H groups in total. The lowest BCUT2D eigenvalue weighted by Crippen LogP contribution is -2.27. The van der Waals surface area contributed by atoms with Gasteiger partial charge in [-0.25, -0.2) is 21.6 Å². The lowest BCUT2D eigenvalue weighted by atomic mass is 10.1. The minimum absolute atomic E-state index is 0.000649. The number of ether oxygens (including phenoxy) is 1. The second kappa shape index (κ2) is 7.84. The molecule has 1 aliphatic heterocycles. The smallest absolute Gasteiger partial charge is 0.244 e. The fourth-order valence-corrected chi connectivity index (χ4v) is 6.67. The molecule has 0 saturated carbocycles. The van der Waals surface area contributed by atoms with Crippen molar-refractivity contribution in [3.63, 3.8) is 0 Å². The van der Waals surface area contributed by atoms with Gasteiger partial charge < -0.3 is 4.74 Å². The molecule has 1 aromatic carbocycles. The summed E-state index contributed by atoms with van der Waals surface area (Å²) in [5.74, 6) is 0.856.